The van der Waals surface area contributed by atoms with Crippen molar-refractivity contribution < 1.29 is 19.1 Å². The third-order valence-corrected chi connectivity index (χ3v) is 4.50. The lowest BCUT2D eigenvalue weighted by Crippen LogP contribution is -2.24. The number of nitrogens with one attached hydrogen (secondary N) is 1. The molecule has 0 radical (unpaired) electrons. The molecule has 0 unspecified atom stereocenters. The number of amides is 1. The van der Waals surface area contributed by atoms with Gasteiger partial charge in [0.2, 0.25) is 5.91 Å². The van der Waals surface area contributed by atoms with E-state index in [4.69, 9.17) is 4.74 Å². The normalized spacial score (nSPS) is 12.7. The second-order valence-electron chi connectivity index (χ2n) is 6.56. The van der Waals surface area contributed by atoms with Gasteiger partial charge >= 0.3 is 5.97 Å². The van der Waals surface area contributed by atoms with E-state index in [1.54, 1.807) is 24.3 Å². The van der Waals surface area contributed by atoms with Crippen LogP contribution >= 0.6 is 0 Å². The SMILES string of the molecule is CC[C@H](C)[C@@H](C(=O)OCC(=O)c1ccc(NC(C)=O)cc1)c1ccccc1. The van der Waals surface area contributed by atoms with Crippen LogP contribution in [-0.2, 0) is 14.3 Å². The Bertz CT molecular complexity index is 784. The lowest BCUT2D eigenvalue weighted by atomic mass is 9.85. The van der Waals surface area contributed by atoms with E-state index in [0.29, 0.717) is 11.3 Å². The van der Waals surface area contributed by atoms with E-state index in [1.165, 1.54) is 6.92 Å². The molecule has 0 heterocycles. The number of carbonyl (C=O) groups is 3. The van der Waals surface area contributed by atoms with E-state index in [1.807, 2.05) is 44.2 Å². The van der Waals surface area contributed by atoms with Gasteiger partial charge in [-0.05, 0) is 35.7 Å². The Morgan fingerprint density at radius 2 is 1.63 bits per heavy atom. The van der Waals surface area contributed by atoms with Crippen molar-refractivity contribution in [2.45, 2.75) is 33.1 Å². The number of ketones is 1. The van der Waals surface area contributed by atoms with Crippen LogP contribution in [0.5, 0.6) is 0 Å². The highest BCUT2D eigenvalue weighted by Crippen LogP contribution is 2.28. The minimum atomic E-state index is -0.397. The summed E-state index contributed by atoms with van der Waals surface area (Å²) in [7, 11) is 0. The van der Waals surface area contributed by atoms with Crippen molar-refractivity contribution in [3.63, 3.8) is 0 Å². The molecule has 0 aliphatic rings. The van der Waals surface area contributed by atoms with E-state index in [2.05, 4.69) is 5.32 Å². The van der Waals surface area contributed by atoms with Gasteiger partial charge in [0.15, 0.2) is 12.4 Å². The molecule has 0 fully saturated rings. The van der Waals surface area contributed by atoms with Crippen molar-refractivity contribution in [1.29, 1.82) is 0 Å². The van der Waals surface area contributed by atoms with Gasteiger partial charge in [-0.15, -0.1) is 0 Å². The molecule has 1 N–H and O–H groups in total. The maximum absolute atomic E-state index is 12.6. The molecular formula is C22H25NO4. The summed E-state index contributed by atoms with van der Waals surface area (Å²) >= 11 is 0. The zero-order valence-electron chi connectivity index (χ0n) is 15.9. The average Bonchev–Trinajstić information content (AvgIpc) is 2.67. The maximum Gasteiger partial charge on any atom is 0.314 e. The predicted octanol–water partition coefficient (Wildman–Crippen LogP) is 4.20. The first-order valence-corrected chi connectivity index (χ1v) is 9.04. The summed E-state index contributed by atoms with van der Waals surface area (Å²) in [6.45, 7) is 5.13. The van der Waals surface area contributed by atoms with Gasteiger partial charge < -0.3 is 10.1 Å². The Morgan fingerprint density at radius 3 is 2.19 bits per heavy atom. The highest BCUT2D eigenvalue weighted by molar-refractivity contribution is 5.99. The van der Waals surface area contributed by atoms with Gasteiger partial charge in [0.1, 0.15) is 0 Å². The highest BCUT2D eigenvalue weighted by Gasteiger charge is 2.27. The van der Waals surface area contributed by atoms with Crippen LogP contribution in [0.2, 0.25) is 0 Å². The number of anilines is 1. The second kappa shape index (κ2) is 9.67. The summed E-state index contributed by atoms with van der Waals surface area (Å²) in [5, 5.41) is 2.64. The van der Waals surface area contributed by atoms with Crippen LogP contribution in [0.25, 0.3) is 0 Å². The van der Waals surface area contributed by atoms with E-state index < -0.39 is 11.9 Å². The van der Waals surface area contributed by atoms with Crippen LogP contribution in [-0.4, -0.2) is 24.3 Å². The van der Waals surface area contributed by atoms with Gasteiger partial charge in [-0.2, -0.15) is 0 Å². The van der Waals surface area contributed by atoms with Crippen LogP contribution in [0.3, 0.4) is 0 Å². The first kappa shape index (κ1) is 20.4. The molecule has 0 saturated heterocycles. The van der Waals surface area contributed by atoms with Gasteiger partial charge in [-0.3, -0.25) is 14.4 Å². The largest absolute Gasteiger partial charge is 0.457 e. The summed E-state index contributed by atoms with van der Waals surface area (Å²) in [6, 6.07) is 16.0. The Morgan fingerprint density at radius 1 is 1.00 bits per heavy atom. The molecule has 2 atom stereocenters. The minimum absolute atomic E-state index is 0.104. The molecule has 2 rings (SSSR count). The third-order valence-electron chi connectivity index (χ3n) is 4.50. The van der Waals surface area contributed by atoms with Crippen molar-refractivity contribution in [1.82, 2.24) is 0 Å². The lowest BCUT2D eigenvalue weighted by molar-refractivity contribution is -0.145. The first-order valence-electron chi connectivity index (χ1n) is 9.04. The fraction of sp³-hybridized carbons (Fsp3) is 0.318. The smallest absolute Gasteiger partial charge is 0.314 e. The molecule has 5 nitrogen and oxygen atoms in total. The first-order chi connectivity index (χ1) is 12.9. The number of hydrogen-bond acceptors (Lipinski definition) is 4. The molecule has 2 aromatic carbocycles. The molecule has 0 aliphatic carbocycles. The average molecular weight is 367 g/mol. The van der Waals surface area contributed by atoms with Crippen LogP contribution in [0.4, 0.5) is 5.69 Å². The summed E-state index contributed by atoms with van der Waals surface area (Å²) in [6.07, 6.45) is 0.827. The van der Waals surface area contributed by atoms with Crippen molar-refractivity contribution in [3.05, 3.63) is 65.7 Å². The standard InChI is InChI=1S/C22H25NO4/c1-4-15(2)21(18-8-6-5-7-9-18)22(26)27-14-20(25)17-10-12-19(13-11-17)23-16(3)24/h5-13,15,21H,4,14H2,1-3H3,(H,23,24)/t15-,21+/m0/s1. The monoisotopic (exact) mass is 367 g/mol. The Balaban J connectivity index is 2.01. The topological polar surface area (TPSA) is 72.5 Å². The zero-order chi connectivity index (χ0) is 19.8. The van der Waals surface area contributed by atoms with Crippen molar-refractivity contribution >= 4 is 23.3 Å². The van der Waals surface area contributed by atoms with E-state index >= 15 is 0 Å². The fourth-order valence-corrected chi connectivity index (χ4v) is 2.85. The van der Waals surface area contributed by atoms with Crippen LogP contribution in [0, 0.1) is 5.92 Å². The van der Waals surface area contributed by atoms with Gasteiger partial charge in [0.05, 0.1) is 5.92 Å². The van der Waals surface area contributed by atoms with Crippen LogP contribution in [0.1, 0.15) is 49.0 Å². The van der Waals surface area contributed by atoms with Crippen LogP contribution < -0.4 is 5.32 Å². The zero-order valence-corrected chi connectivity index (χ0v) is 15.9. The molecule has 0 aliphatic heterocycles. The molecule has 0 aromatic heterocycles. The molecule has 5 heteroatoms. The van der Waals surface area contributed by atoms with Gasteiger partial charge in [-0.25, -0.2) is 0 Å². The molecule has 2 aromatic rings. The number of carbonyl (C=O) groups excluding carboxylic acids is 3. The number of esters is 1. The number of benzene rings is 2. The van der Waals surface area contributed by atoms with E-state index in [0.717, 1.165) is 12.0 Å². The molecule has 0 saturated carbocycles. The predicted molar refractivity (Wildman–Crippen MR) is 105 cm³/mol. The Hall–Kier alpha value is -2.95. The lowest BCUT2D eigenvalue weighted by Gasteiger charge is -2.21. The Labute approximate surface area is 159 Å². The van der Waals surface area contributed by atoms with E-state index in [9.17, 15) is 14.4 Å². The molecule has 1 amide bonds. The molecular weight excluding hydrogens is 342 g/mol. The number of Topliss-reactive ketones (excluding diaryl/α,β-unsaturated/α-hetero) is 1. The molecule has 0 bridgehead atoms. The number of rotatable bonds is 8. The minimum Gasteiger partial charge on any atom is -0.457 e. The molecule has 0 spiro atoms. The summed E-state index contributed by atoms with van der Waals surface area (Å²) in [4.78, 5) is 36.0. The summed E-state index contributed by atoms with van der Waals surface area (Å²) in [5.74, 6) is -1.15. The van der Waals surface area contributed by atoms with Crippen LogP contribution in [0.15, 0.2) is 54.6 Å². The van der Waals surface area contributed by atoms with Gasteiger partial charge in [0.25, 0.3) is 0 Å². The Kier molecular flexibility index (Phi) is 7.29. The third kappa shape index (κ3) is 5.78. The van der Waals surface area contributed by atoms with Crippen molar-refractivity contribution in [2.24, 2.45) is 5.92 Å². The van der Waals surface area contributed by atoms with Crippen molar-refractivity contribution in [3.8, 4) is 0 Å². The van der Waals surface area contributed by atoms with Gasteiger partial charge in [0, 0.05) is 18.2 Å². The highest BCUT2D eigenvalue weighted by atomic mass is 16.5. The molecule has 27 heavy (non-hydrogen) atoms. The number of hydrogen-bond donors (Lipinski definition) is 1. The maximum atomic E-state index is 12.6. The van der Waals surface area contributed by atoms with Crippen molar-refractivity contribution in [2.75, 3.05) is 11.9 Å². The summed E-state index contributed by atoms with van der Waals surface area (Å²) in [5.41, 5.74) is 1.93. The summed E-state index contributed by atoms with van der Waals surface area (Å²) < 4.78 is 5.33. The van der Waals surface area contributed by atoms with Gasteiger partial charge in [-0.1, -0.05) is 50.6 Å². The number of ether oxygens (including phenoxy) is 1. The fourth-order valence-electron chi connectivity index (χ4n) is 2.85. The second-order valence-corrected chi connectivity index (χ2v) is 6.56. The van der Waals surface area contributed by atoms with E-state index in [-0.39, 0.29) is 24.2 Å². The quantitative estimate of drug-likeness (QED) is 0.561. The molecule has 142 valence electrons.